The number of carboxylic acid groups (broad SMARTS) is 1. The summed E-state index contributed by atoms with van der Waals surface area (Å²) < 4.78 is 0. The Hall–Kier alpha value is -1.97. The van der Waals surface area contributed by atoms with E-state index in [4.69, 9.17) is 5.11 Å². The lowest BCUT2D eigenvalue weighted by molar-refractivity contribution is -0.137. The molecule has 4 nitrogen and oxygen atoms in total. The van der Waals surface area contributed by atoms with Gasteiger partial charge in [-0.25, -0.2) is 0 Å². The van der Waals surface area contributed by atoms with Gasteiger partial charge in [0.05, 0.1) is 0 Å². The van der Waals surface area contributed by atoms with Crippen molar-refractivity contribution >= 4 is 22.6 Å². The summed E-state index contributed by atoms with van der Waals surface area (Å²) >= 11 is 0. The fourth-order valence-corrected chi connectivity index (χ4v) is 1.84. The smallest absolute Gasteiger partial charge is 0.303 e. The van der Waals surface area contributed by atoms with Gasteiger partial charge in [0.15, 0.2) is 0 Å². The predicted octanol–water partition coefficient (Wildman–Crippen LogP) is 2.83. The first-order chi connectivity index (χ1) is 8.15. The Bertz CT molecular complexity index is 519. The van der Waals surface area contributed by atoms with Crippen LogP contribution in [-0.4, -0.2) is 22.1 Å². The van der Waals surface area contributed by atoms with E-state index < -0.39 is 5.97 Å². The Kier molecular flexibility index (Phi) is 3.32. The molecule has 90 valence electrons. The van der Waals surface area contributed by atoms with Crippen LogP contribution in [0.1, 0.15) is 19.8 Å². The molecule has 1 unspecified atom stereocenters. The van der Waals surface area contributed by atoms with E-state index in [1.54, 1.807) is 0 Å². The minimum atomic E-state index is -0.750. The molecule has 17 heavy (non-hydrogen) atoms. The number of aromatic nitrogens is 1. The average molecular weight is 232 g/mol. The normalized spacial score (nSPS) is 12.5. The highest BCUT2D eigenvalue weighted by atomic mass is 16.4. The van der Waals surface area contributed by atoms with E-state index in [0.29, 0.717) is 6.42 Å². The number of hydrogen-bond donors (Lipinski definition) is 3. The fourth-order valence-electron chi connectivity index (χ4n) is 1.84. The van der Waals surface area contributed by atoms with Crippen LogP contribution in [0.4, 0.5) is 5.69 Å². The average Bonchev–Trinajstić information content (AvgIpc) is 2.73. The van der Waals surface area contributed by atoms with Gasteiger partial charge >= 0.3 is 5.97 Å². The van der Waals surface area contributed by atoms with E-state index >= 15 is 0 Å². The molecule has 1 aromatic heterocycles. The third kappa shape index (κ3) is 3.00. The second kappa shape index (κ2) is 4.91. The maximum atomic E-state index is 10.5. The zero-order chi connectivity index (χ0) is 12.3. The molecule has 1 atom stereocenters. The molecule has 4 heteroatoms. The Labute approximate surface area is 99.7 Å². The van der Waals surface area contributed by atoms with E-state index in [1.807, 2.05) is 31.3 Å². The molecule has 0 aliphatic heterocycles. The monoisotopic (exact) mass is 232 g/mol. The Balaban J connectivity index is 1.99. The number of aromatic amines is 1. The lowest BCUT2D eigenvalue weighted by atomic mass is 10.1. The predicted molar refractivity (Wildman–Crippen MR) is 68.3 cm³/mol. The first kappa shape index (κ1) is 11.5. The van der Waals surface area contributed by atoms with E-state index in [0.717, 1.165) is 16.6 Å². The van der Waals surface area contributed by atoms with Gasteiger partial charge in [-0.15, -0.1) is 0 Å². The molecule has 0 saturated heterocycles. The van der Waals surface area contributed by atoms with Crippen LogP contribution in [0.25, 0.3) is 10.9 Å². The summed E-state index contributed by atoms with van der Waals surface area (Å²) in [5.41, 5.74) is 2.13. The second-order valence-corrected chi connectivity index (χ2v) is 4.26. The van der Waals surface area contributed by atoms with E-state index in [9.17, 15) is 4.79 Å². The number of H-pyrrole nitrogens is 1. The van der Waals surface area contributed by atoms with Crippen LogP contribution in [0.2, 0.25) is 0 Å². The van der Waals surface area contributed by atoms with E-state index in [1.165, 1.54) is 0 Å². The van der Waals surface area contributed by atoms with Gasteiger partial charge in [-0.1, -0.05) is 0 Å². The summed E-state index contributed by atoms with van der Waals surface area (Å²) in [6, 6.07) is 8.24. The lowest BCUT2D eigenvalue weighted by Crippen LogP contribution is -2.16. The molecule has 1 heterocycles. The highest BCUT2D eigenvalue weighted by Gasteiger charge is 2.05. The van der Waals surface area contributed by atoms with E-state index in [2.05, 4.69) is 16.4 Å². The number of carboxylic acids is 1. The molecule has 2 aromatic rings. The number of benzene rings is 1. The van der Waals surface area contributed by atoms with E-state index in [-0.39, 0.29) is 12.5 Å². The highest BCUT2D eigenvalue weighted by molar-refractivity contribution is 5.83. The summed E-state index contributed by atoms with van der Waals surface area (Å²) in [5, 5.41) is 13.1. The summed E-state index contributed by atoms with van der Waals surface area (Å²) in [5.74, 6) is -0.750. The highest BCUT2D eigenvalue weighted by Crippen LogP contribution is 2.19. The first-order valence-corrected chi connectivity index (χ1v) is 5.70. The van der Waals surface area contributed by atoms with Crippen molar-refractivity contribution in [3.8, 4) is 0 Å². The topological polar surface area (TPSA) is 65.1 Å². The number of carbonyl (C=O) groups is 1. The maximum absolute atomic E-state index is 10.5. The number of aliphatic carboxylic acids is 1. The van der Waals surface area contributed by atoms with Gasteiger partial charge in [0.2, 0.25) is 0 Å². The Morgan fingerprint density at radius 1 is 1.47 bits per heavy atom. The summed E-state index contributed by atoms with van der Waals surface area (Å²) in [7, 11) is 0. The number of fused-ring (bicyclic) bond motifs is 1. The zero-order valence-corrected chi connectivity index (χ0v) is 9.73. The van der Waals surface area contributed by atoms with Crippen LogP contribution < -0.4 is 5.32 Å². The molecule has 3 N–H and O–H groups in total. The molecule has 2 rings (SSSR count). The van der Waals surface area contributed by atoms with Gasteiger partial charge in [0.1, 0.15) is 0 Å². The van der Waals surface area contributed by atoms with Crippen molar-refractivity contribution in [1.82, 2.24) is 4.98 Å². The molecule has 0 aliphatic rings. The van der Waals surface area contributed by atoms with Crippen LogP contribution in [-0.2, 0) is 4.79 Å². The second-order valence-electron chi connectivity index (χ2n) is 4.26. The first-order valence-electron chi connectivity index (χ1n) is 5.70. The van der Waals surface area contributed by atoms with Crippen molar-refractivity contribution in [3.63, 3.8) is 0 Å². The lowest BCUT2D eigenvalue weighted by Gasteiger charge is -2.14. The Morgan fingerprint density at radius 2 is 2.29 bits per heavy atom. The number of anilines is 1. The molecular formula is C13H16N2O2. The van der Waals surface area contributed by atoms with Crippen LogP contribution >= 0.6 is 0 Å². The molecule has 1 aromatic carbocycles. The van der Waals surface area contributed by atoms with Crippen LogP contribution in [0.3, 0.4) is 0 Å². The van der Waals surface area contributed by atoms with Crippen molar-refractivity contribution in [2.24, 2.45) is 0 Å². The van der Waals surface area contributed by atoms with Gasteiger partial charge in [-0.2, -0.15) is 0 Å². The van der Waals surface area contributed by atoms with Crippen LogP contribution in [0.15, 0.2) is 30.5 Å². The van der Waals surface area contributed by atoms with Crippen molar-refractivity contribution in [2.75, 3.05) is 5.32 Å². The minimum Gasteiger partial charge on any atom is -0.481 e. The molecule has 0 aliphatic carbocycles. The molecule has 0 bridgehead atoms. The molecule has 0 fully saturated rings. The van der Waals surface area contributed by atoms with Crippen LogP contribution in [0.5, 0.6) is 0 Å². The van der Waals surface area contributed by atoms with Gasteiger partial charge in [0, 0.05) is 35.2 Å². The molecule has 0 saturated carbocycles. The fraction of sp³-hybridized carbons (Fsp3) is 0.308. The molecule has 0 amide bonds. The molecule has 0 radical (unpaired) electrons. The zero-order valence-electron chi connectivity index (χ0n) is 9.73. The van der Waals surface area contributed by atoms with Crippen molar-refractivity contribution in [1.29, 1.82) is 0 Å². The largest absolute Gasteiger partial charge is 0.481 e. The van der Waals surface area contributed by atoms with Crippen molar-refractivity contribution in [3.05, 3.63) is 30.5 Å². The summed E-state index contributed by atoms with van der Waals surface area (Å²) in [6.07, 6.45) is 2.73. The Morgan fingerprint density at radius 3 is 3.06 bits per heavy atom. The van der Waals surface area contributed by atoms with Gasteiger partial charge in [-0.05, 0) is 37.6 Å². The molecular weight excluding hydrogens is 216 g/mol. The van der Waals surface area contributed by atoms with Gasteiger partial charge in [0.25, 0.3) is 0 Å². The number of nitrogens with one attached hydrogen (secondary N) is 2. The third-order valence-corrected chi connectivity index (χ3v) is 2.76. The maximum Gasteiger partial charge on any atom is 0.303 e. The summed E-state index contributed by atoms with van der Waals surface area (Å²) in [6.45, 7) is 1.99. The van der Waals surface area contributed by atoms with Gasteiger partial charge < -0.3 is 15.4 Å². The quantitative estimate of drug-likeness (QED) is 0.742. The van der Waals surface area contributed by atoms with Crippen molar-refractivity contribution in [2.45, 2.75) is 25.8 Å². The van der Waals surface area contributed by atoms with Crippen molar-refractivity contribution < 1.29 is 9.90 Å². The SMILES string of the molecule is CC(CCC(=O)O)Nc1ccc2[nH]ccc2c1. The number of rotatable bonds is 5. The molecule has 0 spiro atoms. The van der Waals surface area contributed by atoms with Gasteiger partial charge in [-0.3, -0.25) is 4.79 Å². The standard InChI is InChI=1S/C13H16N2O2/c1-9(2-5-13(16)17)15-11-3-4-12-10(8-11)6-7-14-12/h3-4,6-9,14-15H,2,5H2,1H3,(H,16,17). The third-order valence-electron chi connectivity index (χ3n) is 2.76. The number of hydrogen-bond acceptors (Lipinski definition) is 2. The van der Waals surface area contributed by atoms with Crippen LogP contribution in [0, 0.1) is 0 Å². The minimum absolute atomic E-state index is 0.155. The summed E-state index contributed by atoms with van der Waals surface area (Å²) in [4.78, 5) is 13.6.